The highest BCUT2D eigenvalue weighted by Crippen LogP contribution is 2.32. The van der Waals surface area contributed by atoms with E-state index in [2.05, 4.69) is 33.7 Å². The lowest BCUT2D eigenvalue weighted by atomic mass is 10.2. The van der Waals surface area contributed by atoms with Crippen molar-refractivity contribution in [2.45, 2.75) is 20.8 Å². The molecular weight excluding hydrogens is 540 g/mol. The number of hydrogen-bond acceptors (Lipinski definition) is 7. The van der Waals surface area contributed by atoms with Crippen LogP contribution >= 0.6 is 12.2 Å². The fraction of sp³-hybridized carbons (Fsp3) is 0.323. The fourth-order valence-electron chi connectivity index (χ4n) is 5.22. The van der Waals surface area contributed by atoms with Crippen molar-refractivity contribution >= 4 is 46.7 Å². The van der Waals surface area contributed by atoms with Crippen molar-refractivity contribution in [3.63, 3.8) is 0 Å². The zero-order valence-corrected chi connectivity index (χ0v) is 24.6. The Balaban J connectivity index is 1.48. The molecule has 1 aromatic heterocycles. The summed E-state index contributed by atoms with van der Waals surface area (Å²) in [7, 11) is 1.31. The Morgan fingerprint density at radius 3 is 2.27 bits per heavy atom. The van der Waals surface area contributed by atoms with E-state index < -0.39 is 5.97 Å². The molecule has 2 aliphatic rings. The number of morpholine rings is 1. The summed E-state index contributed by atoms with van der Waals surface area (Å²) in [4.78, 5) is 31.4. The third-order valence-corrected chi connectivity index (χ3v) is 7.71. The second kappa shape index (κ2) is 12.2. The van der Waals surface area contributed by atoms with Crippen molar-refractivity contribution in [3.05, 3.63) is 77.2 Å². The van der Waals surface area contributed by atoms with Crippen LogP contribution in [-0.2, 0) is 19.1 Å². The summed E-state index contributed by atoms with van der Waals surface area (Å²) in [5.74, 6) is -0.116. The number of ether oxygens (including phenoxy) is 3. The molecule has 0 unspecified atom stereocenters. The highest BCUT2D eigenvalue weighted by molar-refractivity contribution is 7.80. The predicted octanol–water partition coefficient (Wildman–Crippen LogP) is 4.48. The van der Waals surface area contributed by atoms with Crippen LogP contribution in [0.25, 0.3) is 11.8 Å². The molecule has 3 aromatic rings. The number of amides is 1. The summed E-state index contributed by atoms with van der Waals surface area (Å²) in [6.07, 6.45) is 1.80. The van der Waals surface area contributed by atoms with Gasteiger partial charge in [0, 0.05) is 35.9 Å². The zero-order chi connectivity index (χ0) is 29.1. The van der Waals surface area contributed by atoms with Gasteiger partial charge in [-0.05, 0) is 99.2 Å². The van der Waals surface area contributed by atoms with Crippen molar-refractivity contribution in [1.82, 2.24) is 9.47 Å². The quantitative estimate of drug-likeness (QED) is 0.222. The number of benzene rings is 2. The molecule has 1 amide bonds. The highest BCUT2D eigenvalue weighted by Gasteiger charge is 2.40. The van der Waals surface area contributed by atoms with Crippen LogP contribution in [0.5, 0.6) is 5.75 Å². The normalized spacial score (nSPS) is 16.6. The monoisotopic (exact) mass is 574 g/mol. The molecule has 2 aliphatic heterocycles. The highest BCUT2D eigenvalue weighted by atomic mass is 32.1. The Hall–Kier alpha value is -4.15. The molecule has 214 valence electrons. The van der Waals surface area contributed by atoms with Gasteiger partial charge in [-0.2, -0.15) is 0 Å². The lowest BCUT2D eigenvalue weighted by Gasteiger charge is -2.29. The summed E-state index contributed by atoms with van der Waals surface area (Å²) in [6, 6.07) is 17.6. The number of rotatable bonds is 8. The number of carbonyl (C=O) groups excluding carboxylic acids is 2. The SMILES string of the molecule is CCOc1ccc(N2C(=O)/C(=C/c3cc(C)n(-c4ccc(N5CCOCC5)cc4)c3C)N(CC(=O)OC)C2=S)cc1. The van der Waals surface area contributed by atoms with Gasteiger partial charge in [0.05, 0.1) is 32.6 Å². The number of esters is 1. The molecule has 0 aliphatic carbocycles. The topological polar surface area (TPSA) is 76.5 Å². The summed E-state index contributed by atoms with van der Waals surface area (Å²) < 4.78 is 18.1. The summed E-state index contributed by atoms with van der Waals surface area (Å²) >= 11 is 5.71. The van der Waals surface area contributed by atoms with E-state index in [-0.39, 0.29) is 17.6 Å². The van der Waals surface area contributed by atoms with Gasteiger partial charge in [-0.1, -0.05) is 0 Å². The second-order valence-corrected chi connectivity index (χ2v) is 10.2. The van der Waals surface area contributed by atoms with Crippen LogP contribution in [0.4, 0.5) is 11.4 Å². The average Bonchev–Trinajstić information content (AvgIpc) is 3.40. The van der Waals surface area contributed by atoms with Gasteiger partial charge in [0.1, 0.15) is 18.0 Å². The Morgan fingerprint density at radius 1 is 1.00 bits per heavy atom. The summed E-state index contributed by atoms with van der Waals surface area (Å²) in [5, 5.41) is 0.211. The van der Waals surface area contributed by atoms with Crippen LogP contribution in [0.15, 0.2) is 60.3 Å². The molecule has 0 saturated carbocycles. The minimum Gasteiger partial charge on any atom is -0.494 e. The third-order valence-electron chi connectivity index (χ3n) is 7.30. The zero-order valence-electron chi connectivity index (χ0n) is 23.8. The fourth-order valence-corrected chi connectivity index (χ4v) is 5.58. The van der Waals surface area contributed by atoms with Gasteiger partial charge in [-0.15, -0.1) is 0 Å². The van der Waals surface area contributed by atoms with Crippen molar-refractivity contribution in [3.8, 4) is 11.4 Å². The maximum Gasteiger partial charge on any atom is 0.325 e. The van der Waals surface area contributed by atoms with Gasteiger partial charge in [0.25, 0.3) is 5.91 Å². The van der Waals surface area contributed by atoms with Gasteiger partial charge in [0.15, 0.2) is 5.11 Å². The van der Waals surface area contributed by atoms with E-state index in [4.69, 9.17) is 26.4 Å². The molecule has 2 aromatic carbocycles. The molecular formula is C31H34N4O5S. The lowest BCUT2D eigenvalue weighted by molar-refractivity contribution is -0.140. The molecule has 0 bridgehead atoms. The Labute approximate surface area is 245 Å². The molecule has 9 nitrogen and oxygen atoms in total. The van der Waals surface area contributed by atoms with Crippen LogP contribution in [0.2, 0.25) is 0 Å². The number of hydrogen-bond donors (Lipinski definition) is 0. The van der Waals surface area contributed by atoms with Crippen molar-refractivity contribution in [1.29, 1.82) is 0 Å². The number of methoxy groups -OCH3 is 1. The van der Waals surface area contributed by atoms with Crippen LogP contribution in [0.3, 0.4) is 0 Å². The maximum atomic E-state index is 13.8. The molecule has 41 heavy (non-hydrogen) atoms. The molecule has 0 radical (unpaired) electrons. The number of aryl methyl sites for hydroxylation is 1. The first-order chi connectivity index (χ1) is 19.8. The minimum atomic E-state index is -0.495. The Bertz CT molecular complexity index is 1470. The summed E-state index contributed by atoms with van der Waals surface area (Å²) in [5.41, 5.74) is 5.92. The molecule has 0 N–H and O–H groups in total. The first-order valence-electron chi connectivity index (χ1n) is 13.6. The van der Waals surface area contributed by atoms with Crippen molar-refractivity contribution in [2.75, 3.05) is 56.4 Å². The van der Waals surface area contributed by atoms with E-state index in [0.29, 0.717) is 23.7 Å². The van der Waals surface area contributed by atoms with Crippen molar-refractivity contribution < 1.29 is 23.8 Å². The molecule has 2 saturated heterocycles. The average molecular weight is 575 g/mol. The first-order valence-corrected chi connectivity index (χ1v) is 14.0. The summed E-state index contributed by atoms with van der Waals surface area (Å²) in [6.45, 7) is 9.55. The van der Waals surface area contributed by atoms with Crippen LogP contribution in [0, 0.1) is 13.8 Å². The minimum absolute atomic E-state index is 0.178. The standard InChI is InChI=1S/C31H34N4O5S/c1-5-40-27-12-10-26(11-13-27)35-30(37)28(33(31(35)41)20-29(36)38-4)19-23-18-21(2)34(22(23)3)25-8-6-24(7-9-25)32-14-16-39-17-15-32/h6-13,18-19H,5,14-17,20H2,1-4H3/b28-19-. The number of carbonyl (C=O) groups is 2. The van der Waals surface area contributed by atoms with E-state index in [1.807, 2.05) is 26.8 Å². The number of nitrogens with zero attached hydrogens (tertiary/aromatic N) is 4. The number of thiocarbonyl (C=S) groups is 1. The van der Waals surface area contributed by atoms with Gasteiger partial charge in [-0.3, -0.25) is 14.5 Å². The largest absolute Gasteiger partial charge is 0.494 e. The van der Waals surface area contributed by atoms with Gasteiger partial charge in [0.2, 0.25) is 0 Å². The van der Waals surface area contributed by atoms with E-state index in [1.165, 1.54) is 22.6 Å². The van der Waals surface area contributed by atoms with Crippen LogP contribution in [0.1, 0.15) is 23.9 Å². The smallest absolute Gasteiger partial charge is 0.325 e. The van der Waals surface area contributed by atoms with Crippen molar-refractivity contribution in [2.24, 2.45) is 0 Å². The molecule has 0 atom stereocenters. The van der Waals surface area contributed by atoms with Gasteiger partial charge >= 0.3 is 5.97 Å². The number of aromatic nitrogens is 1. The Morgan fingerprint density at radius 2 is 1.63 bits per heavy atom. The molecule has 10 heteroatoms. The van der Waals surface area contributed by atoms with E-state index in [1.54, 1.807) is 30.3 Å². The van der Waals surface area contributed by atoms with E-state index in [9.17, 15) is 9.59 Å². The number of anilines is 2. The maximum absolute atomic E-state index is 13.8. The Kier molecular flexibility index (Phi) is 8.41. The predicted molar refractivity (Wildman–Crippen MR) is 163 cm³/mol. The van der Waals surface area contributed by atoms with Crippen LogP contribution < -0.4 is 14.5 Å². The second-order valence-electron chi connectivity index (χ2n) is 9.82. The third kappa shape index (κ3) is 5.71. The van der Waals surface area contributed by atoms with E-state index in [0.717, 1.165) is 48.9 Å². The van der Waals surface area contributed by atoms with Gasteiger partial charge in [-0.25, -0.2) is 0 Å². The van der Waals surface area contributed by atoms with Gasteiger partial charge < -0.3 is 28.6 Å². The van der Waals surface area contributed by atoms with E-state index >= 15 is 0 Å². The molecule has 5 rings (SSSR count). The lowest BCUT2D eigenvalue weighted by Crippen LogP contribution is -2.36. The van der Waals surface area contributed by atoms with Crippen LogP contribution in [-0.4, -0.2) is 73.0 Å². The molecule has 2 fully saturated rings. The molecule has 0 spiro atoms. The molecule has 3 heterocycles. The first kappa shape index (κ1) is 28.4.